The van der Waals surface area contributed by atoms with Crippen molar-refractivity contribution in [2.45, 2.75) is 25.2 Å². The van der Waals surface area contributed by atoms with Crippen molar-refractivity contribution < 1.29 is 22.7 Å². The molecule has 2 aromatic rings. The molecule has 2 aromatic carbocycles. The molecule has 31 heavy (non-hydrogen) atoms. The van der Waals surface area contributed by atoms with E-state index in [9.17, 15) is 13.2 Å². The van der Waals surface area contributed by atoms with E-state index in [0.717, 1.165) is 5.56 Å². The van der Waals surface area contributed by atoms with Crippen LogP contribution >= 0.6 is 0 Å². The lowest BCUT2D eigenvalue weighted by atomic mass is 10.1. The van der Waals surface area contributed by atoms with Gasteiger partial charge in [0.1, 0.15) is 12.4 Å². The van der Waals surface area contributed by atoms with Crippen LogP contribution in [0.2, 0.25) is 0 Å². The normalized spacial score (nSPS) is 15.5. The van der Waals surface area contributed by atoms with Crippen molar-refractivity contribution >= 4 is 15.9 Å². The standard InChI is InChI=1S/C23H30N2O5S/c1-3-29-16-17-30-21-8-10-22(11-9-21)31(27,28)25-13-5-12-24(14-15-25)23(26)20-7-4-6-19(2)18-20/h4,6-11,18H,3,5,12-17H2,1-2H3. The van der Waals surface area contributed by atoms with E-state index in [1.807, 2.05) is 32.0 Å². The van der Waals surface area contributed by atoms with E-state index in [-0.39, 0.29) is 17.3 Å². The maximum atomic E-state index is 13.1. The number of sulfonamides is 1. The van der Waals surface area contributed by atoms with Crippen molar-refractivity contribution in [3.05, 3.63) is 59.7 Å². The average molecular weight is 447 g/mol. The van der Waals surface area contributed by atoms with Gasteiger partial charge in [0.05, 0.1) is 11.5 Å². The van der Waals surface area contributed by atoms with Crippen LogP contribution < -0.4 is 4.74 Å². The fourth-order valence-electron chi connectivity index (χ4n) is 3.52. The topological polar surface area (TPSA) is 76.2 Å². The molecule has 168 valence electrons. The number of benzene rings is 2. The predicted octanol–water partition coefficient (Wildman–Crippen LogP) is 2.95. The maximum Gasteiger partial charge on any atom is 0.253 e. The Morgan fingerprint density at radius 1 is 1.00 bits per heavy atom. The molecule has 7 nitrogen and oxygen atoms in total. The van der Waals surface area contributed by atoms with E-state index in [2.05, 4.69) is 0 Å². The van der Waals surface area contributed by atoms with Crippen molar-refractivity contribution in [3.63, 3.8) is 0 Å². The van der Waals surface area contributed by atoms with Crippen molar-refractivity contribution in [1.82, 2.24) is 9.21 Å². The van der Waals surface area contributed by atoms with Gasteiger partial charge in [-0.3, -0.25) is 4.79 Å². The first-order valence-corrected chi connectivity index (χ1v) is 12.0. The second-order valence-corrected chi connectivity index (χ2v) is 9.37. The lowest BCUT2D eigenvalue weighted by Gasteiger charge is -2.22. The number of carbonyl (C=O) groups is 1. The minimum absolute atomic E-state index is 0.0588. The van der Waals surface area contributed by atoms with E-state index in [0.29, 0.717) is 57.2 Å². The average Bonchev–Trinajstić information content (AvgIpc) is 3.03. The summed E-state index contributed by atoms with van der Waals surface area (Å²) in [6, 6.07) is 13.9. The number of ether oxygens (including phenoxy) is 2. The number of nitrogens with zero attached hydrogens (tertiary/aromatic N) is 2. The molecular weight excluding hydrogens is 416 g/mol. The first-order valence-electron chi connectivity index (χ1n) is 10.6. The molecule has 0 bridgehead atoms. The fourth-order valence-corrected chi connectivity index (χ4v) is 4.99. The summed E-state index contributed by atoms with van der Waals surface area (Å²) in [6.07, 6.45) is 0.593. The third kappa shape index (κ3) is 6.06. The number of amides is 1. The molecule has 0 saturated carbocycles. The van der Waals surface area contributed by atoms with E-state index >= 15 is 0 Å². The van der Waals surface area contributed by atoms with Gasteiger partial charge in [0.2, 0.25) is 10.0 Å². The summed E-state index contributed by atoms with van der Waals surface area (Å²) >= 11 is 0. The molecule has 1 aliphatic heterocycles. The molecule has 1 heterocycles. The SMILES string of the molecule is CCOCCOc1ccc(S(=O)(=O)N2CCCN(C(=O)c3cccc(C)c3)CC2)cc1. The molecule has 0 N–H and O–H groups in total. The van der Waals surface area contributed by atoms with Crippen LogP contribution in [-0.4, -0.2) is 69.5 Å². The number of hydrogen-bond acceptors (Lipinski definition) is 5. The van der Waals surface area contributed by atoms with Crippen LogP contribution in [0.3, 0.4) is 0 Å². The molecule has 0 aliphatic carbocycles. The molecule has 1 aliphatic rings. The lowest BCUT2D eigenvalue weighted by Crippen LogP contribution is -2.37. The Labute approximate surface area is 184 Å². The van der Waals surface area contributed by atoms with E-state index in [1.165, 1.54) is 4.31 Å². The van der Waals surface area contributed by atoms with Gasteiger partial charge < -0.3 is 14.4 Å². The number of hydrogen-bond donors (Lipinski definition) is 0. The van der Waals surface area contributed by atoms with Crippen LogP contribution in [0.1, 0.15) is 29.3 Å². The Kier molecular flexibility index (Phi) is 8.06. The summed E-state index contributed by atoms with van der Waals surface area (Å²) in [7, 11) is -3.64. The summed E-state index contributed by atoms with van der Waals surface area (Å²) < 4.78 is 38.4. The largest absolute Gasteiger partial charge is 0.491 e. The second-order valence-electron chi connectivity index (χ2n) is 7.44. The first-order chi connectivity index (χ1) is 14.9. The Morgan fingerprint density at radius 3 is 2.48 bits per heavy atom. The summed E-state index contributed by atoms with van der Waals surface area (Å²) in [5, 5.41) is 0. The van der Waals surface area contributed by atoms with Gasteiger partial charge in [-0.15, -0.1) is 0 Å². The fraction of sp³-hybridized carbons (Fsp3) is 0.435. The predicted molar refractivity (Wildman–Crippen MR) is 119 cm³/mol. The zero-order chi connectivity index (χ0) is 22.3. The number of carbonyl (C=O) groups excluding carboxylic acids is 1. The highest BCUT2D eigenvalue weighted by atomic mass is 32.2. The van der Waals surface area contributed by atoms with Crippen LogP contribution in [0.15, 0.2) is 53.4 Å². The molecule has 3 rings (SSSR count). The van der Waals surface area contributed by atoms with Gasteiger partial charge in [-0.25, -0.2) is 8.42 Å². The zero-order valence-corrected chi connectivity index (χ0v) is 18.9. The van der Waals surface area contributed by atoms with Crippen molar-refractivity contribution in [2.24, 2.45) is 0 Å². The highest BCUT2D eigenvalue weighted by Crippen LogP contribution is 2.21. The molecule has 1 saturated heterocycles. The molecule has 0 unspecified atom stereocenters. The minimum atomic E-state index is -3.64. The molecule has 0 atom stereocenters. The smallest absolute Gasteiger partial charge is 0.253 e. The number of aryl methyl sites for hydroxylation is 1. The molecular formula is C23H30N2O5S. The molecule has 0 aromatic heterocycles. The Hall–Kier alpha value is -2.42. The van der Waals surface area contributed by atoms with Gasteiger partial charge in [0.15, 0.2) is 0 Å². The van der Waals surface area contributed by atoms with Crippen LogP contribution in [0.4, 0.5) is 0 Å². The van der Waals surface area contributed by atoms with Crippen molar-refractivity contribution in [2.75, 3.05) is 46.0 Å². The first kappa shape index (κ1) is 23.2. The van der Waals surface area contributed by atoms with Crippen molar-refractivity contribution in [3.8, 4) is 5.75 Å². The Bertz CT molecular complexity index is 976. The van der Waals surface area contributed by atoms with Crippen molar-refractivity contribution in [1.29, 1.82) is 0 Å². The van der Waals surface area contributed by atoms with Gasteiger partial charge in [-0.05, 0) is 56.7 Å². The Morgan fingerprint density at radius 2 is 1.77 bits per heavy atom. The summed E-state index contributed by atoms with van der Waals surface area (Å²) in [5.74, 6) is 0.543. The molecule has 0 spiro atoms. The zero-order valence-electron chi connectivity index (χ0n) is 18.1. The summed E-state index contributed by atoms with van der Waals surface area (Å²) in [6.45, 7) is 6.95. The minimum Gasteiger partial charge on any atom is -0.491 e. The van der Waals surface area contributed by atoms with Gasteiger partial charge in [-0.1, -0.05) is 17.7 Å². The van der Waals surface area contributed by atoms with Gasteiger partial charge in [-0.2, -0.15) is 4.31 Å². The quantitative estimate of drug-likeness (QED) is 0.583. The molecule has 0 radical (unpaired) electrons. The maximum absolute atomic E-state index is 13.1. The van der Waals surface area contributed by atoms with E-state index in [1.54, 1.807) is 35.2 Å². The van der Waals surface area contributed by atoms with E-state index < -0.39 is 10.0 Å². The van der Waals surface area contributed by atoms with Gasteiger partial charge in [0.25, 0.3) is 5.91 Å². The van der Waals surface area contributed by atoms with Gasteiger partial charge >= 0.3 is 0 Å². The molecule has 8 heteroatoms. The van der Waals surface area contributed by atoms with E-state index in [4.69, 9.17) is 9.47 Å². The Balaban J connectivity index is 1.62. The second kappa shape index (κ2) is 10.7. The van der Waals surface area contributed by atoms with Crippen LogP contribution in [0, 0.1) is 6.92 Å². The summed E-state index contributed by atoms with van der Waals surface area (Å²) in [4.78, 5) is 14.8. The highest BCUT2D eigenvalue weighted by Gasteiger charge is 2.28. The number of rotatable bonds is 8. The van der Waals surface area contributed by atoms with Crippen LogP contribution in [-0.2, 0) is 14.8 Å². The lowest BCUT2D eigenvalue weighted by molar-refractivity contribution is 0.0764. The molecule has 1 amide bonds. The highest BCUT2D eigenvalue weighted by molar-refractivity contribution is 7.89. The van der Waals surface area contributed by atoms with Crippen LogP contribution in [0.25, 0.3) is 0 Å². The monoisotopic (exact) mass is 446 g/mol. The van der Waals surface area contributed by atoms with Gasteiger partial charge in [0, 0.05) is 38.3 Å². The molecule has 1 fully saturated rings. The van der Waals surface area contributed by atoms with Crippen LogP contribution in [0.5, 0.6) is 5.75 Å². The third-order valence-electron chi connectivity index (χ3n) is 5.17. The summed E-state index contributed by atoms with van der Waals surface area (Å²) in [5.41, 5.74) is 1.66. The third-order valence-corrected chi connectivity index (χ3v) is 7.08.